The third-order valence-electron chi connectivity index (χ3n) is 5.12. The van der Waals surface area contributed by atoms with E-state index in [1.807, 2.05) is 12.1 Å². The Bertz CT molecular complexity index is 962. The van der Waals surface area contributed by atoms with E-state index in [4.69, 9.17) is 4.74 Å². The van der Waals surface area contributed by atoms with Gasteiger partial charge in [0.1, 0.15) is 15.5 Å². The summed E-state index contributed by atoms with van der Waals surface area (Å²) in [6, 6.07) is 8.81. The molecular weight excluding hydrogens is 428 g/mol. The van der Waals surface area contributed by atoms with Crippen molar-refractivity contribution in [1.82, 2.24) is 4.31 Å². The molecule has 0 spiro atoms. The molecular formula is C20H24N2O4S3. The fourth-order valence-corrected chi connectivity index (χ4v) is 7.50. The molecule has 1 aliphatic carbocycles. The Morgan fingerprint density at radius 2 is 1.90 bits per heavy atom. The van der Waals surface area contributed by atoms with Gasteiger partial charge in [-0.15, -0.1) is 11.3 Å². The Balaban J connectivity index is 1.49. The Kier molecular flexibility index (Phi) is 6.48. The summed E-state index contributed by atoms with van der Waals surface area (Å²) in [6.45, 7) is 0.953. The molecule has 2 fully saturated rings. The second-order valence-electron chi connectivity index (χ2n) is 7.14. The van der Waals surface area contributed by atoms with Gasteiger partial charge in [0, 0.05) is 36.3 Å². The van der Waals surface area contributed by atoms with Crippen molar-refractivity contribution in [3.8, 4) is 5.75 Å². The summed E-state index contributed by atoms with van der Waals surface area (Å²) in [5.74, 6) is 1.86. The fraction of sp³-hybridized carbons (Fsp3) is 0.450. The zero-order chi connectivity index (χ0) is 20.3. The van der Waals surface area contributed by atoms with Crippen molar-refractivity contribution in [2.75, 3.05) is 29.9 Å². The van der Waals surface area contributed by atoms with E-state index in [0.717, 1.165) is 41.4 Å². The number of carbonyl (C=O) groups excluding carboxylic acids is 1. The van der Waals surface area contributed by atoms with Crippen molar-refractivity contribution < 1.29 is 17.9 Å². The molecule has 2 aromatic rings. The van der Waals surface area contributed by atoms with Crippen LogP contribution in [-0.2, 0) is 10.0 Å². The number of rotatable bonds is 6. The van der Waals surface area contributed by atoms with Gasteiger partial charge in [-0.25, -0.2) is 8.42 Å². The lowest BCUT2D eigenvalue weighted by molar-refractivity contribution is 0.102. The van der Waals surface area contributed by atoms with Gasteiger partial charge in [-0.1, -0.05) is 6.07 Å². The van der Waals surface area contributed by atoms with Gasteiger partial charge in [-0.2, -0.15) is 16.1 Å². The van der Waals surface area contributed by atoms with Crippen LogP contribution >= 0.6 is 23.1 Å². The Morgan fingerprint density at radius 1 is 1.14 bits per heavy atom. The smallest absolute Gasteiger partial charge is 0.267 e. The van der Waals surface area contributed by atoms with Crippen LogP contribution in [0.5, 0.6) is 5.75 Å². The monoisotopic (exact) mass is 452 g/mol. The normalized spacial score (nSPS) is 18.6. The number of sulfonamides is 1. The van der Waals surface area contributed by atoms with Crippen molar-refractivity contribution in [2.24, 2.45) is 0 Å². The summed E-state index contributed by atoms with van der Waals surface area (Å²) in [7, 11) is -3.67. The molecule has 0 radical (unpaired) electrons. The second kappa shape index (κ2) is 9.07. The van der Waals surface area contributed by atoms with Gasteiger partial charge in [0.05, 0.1) is 6.10 Å². The van der Waals surface area contributed by atoms with Crippen molar-refractivity contribution in [3.63, 3.8) is 0 Å². The van der Waals surface area contributed by atoms with E-state index in [1.54, 1.807) is 29.3 Å². The van der Waals surface area contributed by atoms with Crippen LogP contribution < -0.4 is 10.1 Å². The number of ether oxygens (including phenoxy) is 1. The first kappa shape index (κ1) is 20.7. The van der Waals surface area contributed by atoms with Crippen LogP contribution in [0.25, 0.3) is 0 Å². The molecule has 0 atom stereocenters. The summed E-state index contributed by atoms with van der Waals surface area (Å²) in [6.07, 6.45) is 4.72. The van der Waals surface area contributed by atoms with Gasteiger partial charge < -0.3 is 10.1 Å². The number of thiophene rings is 1. The molecule has 1 aromatic carbocycles. The number of carbonyl (C=O) groups is 1. The number of hydrogen-bond donors (Lipinski definition) is 1. The number of hydrogen-bond acceptors (Lipinski definition) is 6. The van der Waals surface area contributed by atoms with Crippen LogP contribution in [0.1, 0.15) is 35.4 Å². The molecule has 4 rings (SSSR count). The van der Waals surface area contributed by atoms with Gasteiger partial charge in [0.25, 0.3) is 5.91 Å². The van der Waals surface area contributed by atoms with Gasteiger partial charge in [-0.05, 0) is 49.3 Å². The molecule has 0 bridgehead atoms. The first-order chi connectivity index (χ1) is 14.0. The molecule has 6 nitrogen and oxygen atoms in total. The number of nitrogens with zero attached hydrogens (tertiary/aromatic N) is 1. The van der Waals surface area contributed by atoms with Crippen molar-refractivity contribution in [2.45, 2.75) is 36.7 Å². The van der Waals surface area contributed by atoms with Crippen LogP contribution in [0.2, 0.25) is 0 Å². The highest BCUT2D eigenvalue weighted by atomic mass is 32.2. The quantitative estimate of drug-likeness (QED) is 0.715. The topological polar surface area (TPSA) is 75.7 Å². The molecule has 1 aromatic heterocycles. The van der Waals surface area contributed by atoms with Crippen LogP contribution in [0.4, 0.5) is 5.69 Å². The lowest BCUT2D eigenvalue weighted by atomic mass is 10.2. The highest BCUT2D eigenvalue weighted by Gasteiger charge is 2.31. The summed E-state index contributed by atoms with van der Waals surface area (Å²) in [5, 5.41) is 4.48. The molecule has 0 unspecified atom stereocenters. The largest absolute Gasteiger partial charge is 0.490 e. The minimum Gasteiger partial charge on any atom is -0.490 e. The number of nitrogens with one attached hydrogen (secondary N) is 1. The maximum atomic E-state index is 13.0. The van der Waals surface area contributed by atoms with Crippen molar-refractivity contribution in [3.05, 3.63) is 40.6 Å². The summed E-state index contributed by atoms with van der Waals surface area (Å²) < 4.78 is 33.5. The van der Waals surface area contributed by atoms with E-state index in [9.17, 15) is 13.2 Å². The Labute approximate surface area is 179 Å². The minimum absolute atomic E-state index is 0.0882. The fourth-order valence-electron chi connectivity index (χ4n) is 3.63. The van der Waals surface area contributed by atoms with Gasteiger partial charge >= 0.3 is 0 Å². The van der Waals surface area contributed by atoms with E-state index in [0.29, 0.717) is 18.8 Å². The van der Waals surface area contributed by atoms with Crippen LogP contribution in [0.15, 0.2) is 40.6 Å². The zero-order valence-corrected chi connectivity index (χ0v) is 18.5. The lowest BCUT2D eigenvalue weighted by Gasteiger charge is -2.25. The first-order valence-corrected chi connectivity index (χ1v) is 13.2. The molecule has 1 saturated carbocycles. The van der Waals surface area contributed by atoms with Crippen LogP contribution in [0, 0.1) is 0 Å². The van der Waals surface area contributed by atoms with E-state index >= 15 is 0 Å². The predicted molar refractivity (Wildman–Crippen MR) is 118 cm³/mol. The van der Waals surface area contributed by atoms with Gasteiger partial charge in [-0.3, -0.25) is 4.79 Å². The van der Waals surface area contributed by atoms with E-state index < -0.39 is 15.9 Å². The van der Waals surface area contributed by atoms with Crippen LogP contribution in [0.3, 0.4) is 0 Å². The third-order valence-corrected chi connectivity index (χ3v) is 9.05. The molecule has 9 heteroatoms. The first-order valence-electron chi connectivity index (χ1n) is 9.77. The Morgan fingerprint density at radius 3 is 2.66 bits per heavy atom. The van der Waals surface area contributed by atoms with E-state index in [2.05, 4.69) is 5.32 Å². The maximum absolute atomic E-state index is 13.0. The van der Waals surface area contributed by atoms with Crippen molar-refractivity contribution in [1.29, 1.82) is 0 Å². The second-order valence-corrected chi connectivity index (χ2v) is 11.2. The molecule has 2 aliphatic rings. The lowest BCUT2D eigenvalue weighted by Crippen LogP contribution is -2.38. The molecule has 1 N–H and O–H groups in total. The van der Waals surface area contributed by atoms with Crippen molar-refractivity contribution >= 4 is 44.7 Å². The van der Waals surface area contributed by atoms with E-state index in [-0.39, 0.29) is 15.9 Å². The van der Waals surface area contributed by atoms with Gasteiger partial charge in [0.2, 0.25) is 10.0 Å². The highest BCUT2D eigenvalue weighted by molar-refractivity contribution is 7.99. The molecule has 1 aliphatic heterocycles. The molecule has 1 amide bonds. The predicted octanol–water partition coefficient (Wildman–Crippen LogP) is 4.06. The maximum Gasteiger partial charge on any atom is 0.267 e. The number of benzene rings is 1. The minimum atomic E-state index is -3.67. The Hall–Kier alpha value is -1.55. The number of amides is 1. The number of thioether (sulfide) groups is 1. The van der Waals surface area contributed by atoms with E-state index in [1.165, 1.54) is 23.2 Å². The average Bonchev–Trinajstić information content (AvgIpc) is 3.41. The van der Waals surface area contributed by atoms with Crippen LogP contribution in [-0.4, -0.2) is 49.3 Å². The number of anilines is 1. The molecule has 1 saturated heterocycles. The molecule has 2 heterocycles. The SMILES string of the molecule is O=C(Nc1cccc(OC2CCCC2)c1)c1sccc1S(=O)(=O)N1CCSCC1. The zero-order valence-electron chi connectivity index (χ0n) is 16.0. The van der Waals surface area contributed by atoms with Gasteiger partial charge in [0.15, 0.2) is 0 Å². The molecule has 29 heavy (non-hydrogen) atoms. The summed E-state index contributed by atoms with van der Waals surface area (Å²) >= 11 is 2.89. The summed E-state index contributed by atoms with van der Waals surface area (Å²) in [5.41, 5.74) is 0.594. The standard InChI is InChI=1S/C20H24N2O4S3/c23-20(21-15-4-3-7-17(14-15)26-16-5-1-2-6-16)19-18(8-11-28-19)29(24,25)22-9-12-27-13-10-22/h3-4,7-8,11,14,16H,1-2,5-6,9-10,12-13H2,(H,21,23). The molecule has 156 valence electrons. The third kappa shape index (κ3) is 4.79. The summed E-state index contributed by atoms with van der Waals surface area (Å²) in [4.78, 5) is 13.2. The highest BCUT2D eigenvalue weighted by Crippen LogP contribution is 2.29. The average molecular weight is 453 g/mol.